The van der Waals surface area contributed by atoms with E-state index in [1.807, 2.05) is 0 Å². The largest absolute Gasteiger partial charge is 0.433 e. The molecule has 1 fully saturated rings. The van der Waals surface area contributed by atoms with Gasteiger partial charge in [0.1, 0.15) is 18.8 Å². The predicted molar refractivity (Wildman–Crippen MR) is 87.8 cm³/mol. The van der Waals surface area contributed by atoms with Crippen LogP contribution in [0.5, 0.6) is 0 Å². The Morgan fingerprint density at radius 2 is 2.07 bits per heavy atom. The van der Waals surface area contributed by atoms with Crippen LogP contribution >= 0.6 is 0 Å². The van der Waals surface area contributed by atoms with E-state index in [1.165, 1.54) is 17.3 Å². The molecule has 1 amide bonds. The molecule has 3 heterocycles. The van der Waals surface area contributed by atoms with Gasteiger partial charge in [-0.25, -0.2) is 14.4 Å². The van der Waals surface area contributed by atoms with E-state index < -0.39 is 24.7 Å². The molecule has 1 saturated heterocycles. The van der Waals surface area contributed by atoms with Crippen molar-refractivity contribution in [2.45, 2.75) is 31.6 Å². The number of pyridine rings is 1. The zero-order valence-corrected chi connectivity index (χ0v) is 14.2. The third-order valence-electron chi connectivity index (χ3n) is 4.34. The van der Waals surface area contributed by atoms with Gasteiger partial charge in [-0.2, -0.15) is 13.2 Å². The van der Waals surface area contributed by atoms with E-state index in [1.54, 1.807) is 6.07 Å². The molecule has 3 rings (SSSR count). The second-order valence-corrected chi connectivity index (χ2v) is 6.13. The molecule has 6 nitrogen and oxygen atoms in total. The number of alkyl halides is 4. The number of halogens is 4. The lowest BCUT2D eigenvalue weighted by Gasteiger charge is -2.19. The average Bonchev–Trinajstić information content (AvgIpc) is 3.15. The van der Waals surface area contributed by atoms with E-state index in [4.69, 9.17) is 0 Å². The lowest BCUT2D eigenvalue weighted by atomic mass is 10.1. The Morgan fingerprint density at radius 1 is 1.26 bits per heavy atom. The summed E-state index contributed by atoms with van der Waals surface area (Å²) in [7, 11) is 0. The molecular weight excluding hydrogens is 366 g/mol. The van der Waals surface area contributed by atoms with Crippen LogP contribution < -0.4 is 5.32 Å². The van der Waals surface area contributed by atoms with Gasteiger partial charge in [-0.15, -0.1) is 0 Å². The summed E-state index contributed by atoms with van der Waals surface area (Å²) in [6, 6.07) is 3.23. The molecule has 0 aromatic carbocycles. The van der Waals surface area contributed by atoms with Crippen LogP contribution in [-0.2, 0) is 17.5 Å². The number of hydrogen-bond acceptors (Lipinski definition) is 5. The molecule has 1 N–H and O–H groups in total. The van der Waals surface area contributed by atoms with Crippen LogP contribution in [0.1, 0.15) is 24.2 Å². The van der Waals surface area contributed by atoms with Crippen LogP contribution in [0.15, 0.2) is 30.7 Å². The number of rotatable bonds is 5. The minimum atomic E-state index is -4.51. The number of nitrogens with one attached hydrogen (secondary N) is 1. The fraction of sp³-hybridized carbons (Fsp3) is 0.412. The van der Waals surface area contributed by atoms with Crippen molar-refractivity contribution in [2.24, 2.45) is 0 Å². The molecule has 2 aromatic heterocycles. The van der Waals surface area contributed by atoms with Crippen molar-refractivity contribution in [2.75, 3.05) is 13.3 Å². The predicted octanol–water partition coefficient (Wildman–Crippen LogP) is 2.57. The summed E-state index contributed by atoms with van der Waals surface area (Å²) in [5.74, 6) is -0.276. The number of carbonyl (C=O) groups is 1. The van der Waals surface area contributed by atoms with Crippen LogP contribution in [-0.4, -0.2) is 45.1 Å². The first-order valence-corrected chi connectivity index (χ1v) is 8.31. The number of amides is 1. The van der Waals surface area contributed by atoms with Crippen molar-refractivity contribution in [3.8, 4) is 11.3 Å². The zero-order valence-electron chi connectivity index (χ0n) is 14.2. The Morgan fingerprint density at radius 3 is 2.74 bits per heavy atom. The van der Waals surface area contributed by atoms with E-state index in [2.05, 4.69) is 20.3 Å². The van der Waals surface area contributed by atoms with Crippen molar-refractivity contribution < 1.29 is 22.4 Å². The number of hydrogen-bond donors (Lipinski definition) is 1. The van der Waals surface area contributed by atoms with Crippen molar-refractivity contribution >= 4 is 5.91 Å². The highest BCUT2D eigenvalue weighted by Crippen LogP contribution is 2.28. The van der Waals surface area contributed by atoms with Gasteiger partial charge in [-0.05, 0) is 31.0 Å². The summed E-state index contributed by atoms with van der Waals surface area (Å²) >= 11 is 0. The van der Waals surface area contributed by atoms with E-state index in [-0.39, 0.29) is 12.5 Å². The van der Waals surface area contributed by atoms with E-state index in [0.29, 0.717) is 29.9 Å². The molecule has 1 aliphatic heterocycles. The average molecular weight is 383 g/mol. The molecular formula is C17H17F4N5O. The minimum absolute atomic E-state index is 0.110. The van der Waals surface area contributed by atoms with Gasteiger partial charge >= 0.3 is 6.18 Å². The Hall–Kier alpha value is -2.62. The summed E-state index contributed by atoms with van der Waals surface area (Å²) in [5.41, 5.74) is 0.291. The summed E-state index contributed by atoms with van der Waals surface area (Å²) in [4.78, 5) is 25.1. The first-order valence-electron chi connectivity index (χ1n) is 8.31. The second-order valence-electron chi connectivity index (χ2n) is 6.13. The lowest BCUT2D eigenvalue weighted by molar-refractivity contribution is -0.141. The highest BCUT2D eigenvalue weighted by molar-refractivity contribution is 5.82. The molecule has 2 aromatic rings. The maximum absolute atomic E-state index is 12.9. The monoisotopic (exact) mass is 383 g/mol. The van der Waals surface area contributed by atoms with Gasteiger partial charge in [0, 0.05) is 18.3 Å². The number of nitrogens with zero attached hydrogens (tertiary/aromatic N) is 4. The van der Waals surface area contributed by atoms with Gasteiger partial charge in [0.15, 0.2) is 0 Å². The van der Waals surface area contributed by atoms with Gasteiger partial charge < -0.3 is 5.32 Å². The standard InChI is InChI=1S/C17H17F4N5O/c18-9-26-5-1-2-14(26)16(27)23-8-12-6-13(25-10-24-12)11-3-4-15(22-7-11)17(19,20)21/h3-4,6-7,10,14H,1-2,5,8-9H2,(H,23,27). The molecule has 0 spiro atoms. The molecule has 0 bridgehead atoms. The maximum atomic E-state index is 12.9. The molecule has 10 heteroatoms. The molecule has 144 valence electrons. The van der Waals surface area contributed by atoms with E-state index >= 15 is 0 Å². The van der Waals surface area contributed by atoms with Crippen LogP contribution in [0, 0.1) is 0 Å². The maximum Gasteiger partial charge on any atom is 0.433 e. The first-order chi connectivity index (χ1) is 12.9. The summed E-state index contributed by atoms with van der Waals surface area (Å²) < 4.78 is 50.6. The third kappa shape index (κ3) is 4.57. The quantitative estimate of drug-likeness (QED) is 0.635. The van der Waals surface area contributed by atoms with Crippen molar-refractivity contribution in [1.29, 1.82) is 0 Å². The number of likely N-dealkylation sites (tertiary alicyclic amines) is 1. The molecule has 1 unspecified atom stereocenters. The first kappa shape index (κ1) is 19.2. The van der Waals surface area contributed by atoms with Gasteiger partial charge in [-0.1, -0.05) is 0 Å². The topological polar surface area (TPSA) is 71.0 Å². The summed E-state index contributed by atoms with van der Waals surface area (Å²) in [5, 5.41) is 2.71. The molecule has 27 heavy (non-hydrogen) atoms. The number of aromatic nitrogens is 3. The zero-order chi connectivity index (χ0) is 19.4. The highest BCUT2D eigenvalue weighted by atomic mass is 19.4. The third-order valence-corrected chi connectivity index (χ3v) is 4.34. The van der Waals surface area contributed by atoms with E-state index in [0.717, 1.165) is 18.7 Å². The van der Waals surface area contributed by atoms with Crippen molar-refractivity contribution in [3.63, 3.8) is 0 Å². The normalized spacial score (nSPS) is 17.9. The lowest BCUT2D eigenvalue weighted by Crippen LogP contribution is -2.42. The Labute approximate surface area is 152 Å². The second kappa shape index (κ2) is 7.95. The molecule has 0 saturated carbocycles. The Balaban J connectivity index is 1.66. The van der Waals surface area contributed by atoms with Gasteiger partial charge in [-0.3, -0.25) is 14.7 Å². The van der Waals surface area contributed by atoms with Gasteiger partial charge in [0.25, 0.3) is 0 Å². The molecule has 0 aliphatic carbocycles. The van der Waals surface area contributed by atoms with Gasteiger partial charge in [0.05, 0.1) is 24.0 Å². The smallest absolute Gasteiger partial charge is 0.349 e. The molecule has 0 radical (unpaired) electrons. The van der Waals surface area contributed by atoms with Crippen LogP contribution in [0.2, 0.25) is 0 Å². The van der Waals surface area contributed by atoms with Crippen LogP contribution in [0.4, 0.5) is 17.6 Å². The van der Waals surface area contributed by atoms with E-state index in [9.17, 15) is 22.4 Å². The summed E-state index contributed by atoms with van der Waals surface area (Å²) in [6.45, 7) is -0.0110. The van der Waals surface area contributed by atoms with Crippen LogP contribution in [0.25, 0.3) is 11.3 Å². The molecule has 1 atom stereocenters. The van der Waals surface area contributed by atoms with Crippen molar-refractivity contribution in [3.05, 3.63) is 42.1 Å². The minimum Gasteiger partial charge on any atom is -0.349 e. The summed E-state index contributed by atoms with van der Waals surface area (Å²) in [6.07, 6.45) is -0.793. The Bertz CT molecular complexity index is 797. The fourth-order valence-electron chi connectivity index (χ4n) is 2.93. The van der Waals surface area contributed by atoms with Gasteiger partial charge in [0.2, 0.25) is 5.91 Å². The Kier molecular flexibility index (Phi) is 5.64. The SMILES string of the molecule is O=C(NCc1cc(-c2ccc(C(F)(F)F)nc2)ncn1)C1CCCN1CF. The fourth-order valence-corrected chi connectivity index (χ4v) is 2.93. The number of carbonyl (C=O) groups excluding carboxylic acids is 1. The van der Waals surface area contributed by atoms with Crippen molar-refractivity contribution in [1.82, 2.24) is 25.2 Å². The highest BCUT2D eigenvalue weighted by Gasteiger charge is 2.32. The molecule has 1 aliphatic rings. The van der Waals surface area contributed by atoms with Crippen LogP contribution in [0.3, 0.4) is 0 Å².